The summed E-state index contributed by atoms with van der Waals surface area (Å²) in [5, 5.41) is 0. The summed E-state index contributed by atoms with van der Waals surface area (Å²) in [5.41, 5.74) is 5.12. The molecule has 6 heteroatoms. The standard InChI is InChI=1S/C25H31N3O3/c1-5-27(15-11-20-9-12-26-13-10-20)23-22(21-8-7-18(2)17-19(21)3)24(29)28(25(23)30)14-6-16-31-4/h7-10,12-13,17H,5-6,11,14-16H2,1-4H3. The summed E-state index contributed by atoms with van der Waals surface area (Å²) < 4.78 is 5.12. The van der Waals surface area contributed by atoms with Crippen molar-refractivity contribution in [2.45, 2.75) is 33.6 Å². The van der Waals surface area contributed by atoms with Crippen LogP contribution in [0.5, 0.6) is 0 Å². The van der Waals surface area contributed by atoms with Crippen LogP contribution in [0.15, 0.2) is 48.4 Å². The van der Waals surface area contributed by atoms with E-state index < -0.39 is 0 Å². The third-order valence-electron chi connectivity index (χ3n) is 5.64. The van der Waals surface area contributed by atoms with Gasteiger partial charge in [-0.15, -0.1) is 0 Å². The quantitative estimate of drug-likeness (QED) is 0.435. The van der Waals surface area contributed by atoms with Crippen LogP contribution < -0.4 is 0 Å². The van der Waals surface area contributed by atoms with Gasteiger partial charge >= 0.3 is 0 Å². The van der Waals surface area contributed by atoms with Crippen LogP contribution in [0.4, 0.5) is 0 Å². The summed E-state index contributed by atoms with van der Waals surface area (Å²) >= 11 is 0. The molecule has 0 saturated carbocycles. The van der Waals surface area contributed by atoms with Gasteiger partial charge in [-0.3, -0.25) is 19.5 Å². The van der Waals surface area contributed by atoms with Gasteiger partial charge in [0.1, 0.15) is 5.70 Å². The number of benzene rings is 1. The number of likely N-dealkylation sites (N-methyl/N-ethyl adjacent to an activating group) is 1. The minimum Gasteiger partial charge on any atom is -0.385 e. The van der Waals surface area contributed by atoms with Crippen LogP contribution in [0, 0.1) is 13.8 Å². The molecule has 1 aliphatic rings. The van der Waals surface area contributed by atoms with E-state index in [0.29, 0.717) is 43.9 Å². The fraction of sp³-hybridized carbons (Fsp3) is 0.400. The number of hydrogen-bond donors (Lipinski definition) is 0. The van der Waals surface area contributed by atoms with Gasteiger partial charge in [-0.2, -0.15) is 0 Å². The molecule has 1 aromatic heterocycles. The minimum absolute atomic E-state index is 0.215. The highest BCUT2D eigenvalue weighted by Crippen LogP contribution is 2.33. The van der Waals surface area contributed by atoms with E-state index >= 15 is 0 Å². The highest BCUT2D eigenvalue weighted by molar-refractivity contribution is 6.35. The molecular formula is C25H31N3O3. The molecule has 2 amide bonds. The molecule has 2 heterocycles. The first-order chi connectivity index (χ1) is 15.0. The van der Waals surface area contributed by atoms with E-state index in [9.17, 15) is 9.59 Å². The average Bonchev–Trinajstić information content (AvgIpc) is 3.00. The van der Waals surface area contributed by atoms with Gasteiger partial charge in [0.25, 0.3) is 11.8 Å². The molecule has 31 heavy (non-hydrogen) atoms. The SMILES string of the molecule is CCN(CCc1ccncc1)C1=C(c2ccc(C)cc2C)C(=O)N(CCCOC)C1=O. The zero-order valence-electron chi connectivity index (χ0n) is 18.9. The number of ether oxygens (including phenoxy) is 1. The molecule has 0 unspecified atom stereocenters. The number of hydrogen-bond acceptors (Lipinski definition) is 5. The molecule has 6 nitrogen and oxygen atoms in total. The molecule has 1 aliphatic heterocycles. The van der Waals surface area contributed by atoms with E-state index in [1.165, 1.54) is 4.90 Å². The van der Waals surface area contributed by atoms with Crippen LogP contribution in [-0.2, 0) is 20.7 Å². The van der Waals surface area contributed by atoms with Crippen LogP contribution in [0.2, 0.25) is 0 Å². The lowest BCUT2D eigenvalue weighted by Gasteiger charge is -2.25. The monoisotopic (exact) mass is 421 g/mol. The molecule has 3 rings (SSSR count). The fourth-order valence-corrected chi connectivity index (χ4v) is 4.01. The van der Waals surface area contributed by atoms with Crippen molar-refractivity contribution in [3.63, 3.8) is 0 Å². The van der Waals surface area contributed by atoms with E-state index in [1.807, 2.05) is 49.9 Å². The van der Waals surface area contributed by atoms with Gasteiger partial charge in [-0.05, 0) is 62.4 Å². The van der Waals surface area contributed by atoms with Crippen LogP contribution in [0.3, 0.4) is 0 Å². The first-order valence-corrected chi connectivity index (χ1v) is 10.8. The summed E-state index contributed by atoms with van der Waals surface area (Å²) in [4.78, 5) is 34.3. The number of pyridine rings is 1. The number of aromatic nitrogens is 1. The van der Waals surface area contributed by atoms with Crippen molar-refractivity contribution in [2.24, 2.45) is 0 Å². The Morgan fingerprint density at radius 2 is 1.81 bits per heavy atom. The lowest BCUT2D eigenvalue weighted by Crippen LogP contribution is -2.36. The second-order valence-electron chi connectivity index (χ2n) is 7.84. The van der Waals surface area contributed by atoms with E-state index in [1.54, 1.807) is 19.5 Å². The Morgan fingerprint density at radius 1 is 1.06 bits per heavy atom. The minimum atomic E-state index is -0.217. The van der Waals surface area contributed by atoms with Crippen molar-refractivity contribution in [3.8, 4) is 0 Å². The Balaban J connectivity index is 1.99. The predicted molar refractivity (Wildman–Crippen MR) is 121 cm³/mol. The first kappa shape index (κ1) is 22.7. The molecule has 1 aromatic carbocycles. The number of carbonyl (C=O) groups excluding carboxylic acids is 2. The van der Waals surface area contributed by atoms with Crippen molar-refractivity contribution in [1.82, 2.24) is 14.8 Å². The van der Waals surface area contributed by atoms with E-state index in [0.717, 1.165) is 28.7 Å². The summed E-state index contributed by atoms with van der Waals surface area (Å²) in [6.45, 7) is 8.18. The number of amides is 2. The molecule has 0 spiro atoms. The molecule has 0 N–H and O–H groups in total. The number of aryl methyl sites for hydroxylation is 2. The van der Waals surface area contributed by atoms with Crippen LogP contribution in [-0.4, -0.2) is 59.9 Å². The second kappa shape index (κ2) is 10.4. The highest BCUT2D eigenvalue weighted by atomic mass is 16.5. The summed E-state index contributed by atoms with van der Waals surface area (Å²) in [6, 6.07) is 9.96. The summed E-state index contributed by atoms with van der Waals surface area (Å²) in [7, 11) is 1.62. The molecule has 0 fully saturated rings. The topological polar surface area (TPSA) is 62.7 Å². The van der Waals surface area contributed by atoms with Gasteiger partial charge < -0.3 is 9.64 Å². The Hall–Kier alpha value is -2.99. The fourth-order valence-electron chi connectivity index (χ4n) is 4.01. The van der Waals surface area contributed by atoms with Gasteiger partial charge in [0.2, 0.25) is 0 Å². The largest absolute Gasteiger partial charge is 0.385 e. The van der Waals surface area contributed by atoms with Crippen molar-refractivity contribution in [3.05, 3.63) is 70.7 Å². The number of nitrogens with zero attached hydrogens (tertiary/aromatic N) is 3. The maximum atomic E-state index is 13.4. The normalized spacial score (nSPS) is 14.0. The maximum absolute atomic E-state index is 13.4. The molecular weight excluding hydrogens is 390 g/mol. The van der Waals surface area contributed by atoms with Crippen molar-refractivity contribution in [2.75, 3.05) is 33.4 Å². The number of carbonyl (C=O) groups is 2. The Labute approximate surface area is 184 Å². The Bertz CT molecular complexity index is 969. The average molecular weight is 422 g/mol. The number of imide groups is 1. The van der Waals surface area contributed by atoms with E-state index in [-0.39, 0.29) is 11.8 Å². The maximum Gasteiger partial charge on any atom is 0.277 e. The Kier molecular flexibility index (Phi) is 7.58. The predicted octanol–water partition coefficient (Wildman–Crippen LogP) is 3.38. The molecule has 0 atom stereocenters. The number of rotatable bonds is 10. The number of methoxy groups -OCH3 is 1. The van der Waals surface area contributed by atoms with Crippen molar-refractivity contribution < 1.29 is 14.3 Å². The van der Waals surface area contributed by atoms with Crippen molar-refractivity contribution in [1.29, 1.82) is 0 Å². The van der Waals surface area contributed by atoms with E-state index in [4.69, 9.17) is 4.74 Å². The van der Waals surface area contributed by atoms with Gasteiger partial charge in [0.05, 0.1) is 5.57 Å². The molecule has 0 radical (unpaired) electrons. The molecule has 0 saturated heterocycles. The molecule has 164 valence electrons. The van der Waals surface area contributed by atoms with Gasteiger partial charge in [0, 0.05) is 45.7 Å². The molecule has 0 aliphatic carbocycles. The van der Waals surface area contributed by atoms with Gasteiger partial charge in [0.15, 0.2) is 0 Å². The lowest BCUT2D eigenvalue weighted by molar-refractivity contribution is -0.137. The van der Waals surface area contributed by atoms with Crippen LogP contribution in [0.1, 0.15) is 35.6 Å². The second-order valence-corrected chi connectivity index (χ2v) is 7.84. The Morgan fingerprint density at radius 3 is 2.45 bits per heavy atom. The van der Waals surface area contributed by atoms with E-state index in [2.05, 4.69) is 11.1 Å². The smallest absolute Gasteiger partial charge is 0.277 e. The highest BCUT2D eigenvalue weighted by Gasteiger charge is 2.41. The van der Waals surface area contributed by atoms with Crippen molar-refractivity contribution >= 4 is 17.4 Å². The zero-order chi connectivity index (χ0) is 22.4. The summed E-state index contributed by atoms with van der Waals surface area (Å²) in [5.74, 6) is -0.432. The summed E-state index contributed by atoms with van der Waals surface area (Å²) in [6.07, 6.45) is 4.93. The van der Waals surface area contributed by atoms with Crippen LogP contribution in [0.25, 0.3) is 5.57 Å². The molecule has 0 bridgehead atoms. The lowest BCUT2D eigenvalue weighted by atomic mass is 9.97. The van der Waals surface area contributed by atoms with Gasteiger partial charge in [-0.1, -0.05) is 23.8 Å². The first-order valence-electron chi connectivity index (χ1n) is 10.8. The molecule has 2 aromatic rings. The third kappa shape index (κ3) is 5.02. The third-order valence-corrected chi connectivity index (χ3v) is 5.64. The van der Waals surface area contributed by atoms with Gasteiger partial charge in [-0.25, -0.2) is 0 Å². The zero-order valence-corrected chi connectivity index (χ0v) is 18.9. The van der Waals surface area contributed by atoms with Crippen LogP contribution >= 0.6 is 0 Å².